The number of anilines is 2. The van der Waals surface area contributed by atoms with Crippen molar-refractivity contribution >= 4 is 22.0 Å². The Balaban J connectivity index is 2.27. The van der Waals surface area contributed by atoms with Gasteiger partial charge < -0.3 is 20.5 Å². The van der Waals surface area contributed by atoms with E-state index >= 15 is 0 Å². The van der Waals surface area contributed by atoms with E-state index in [-0.39, 0.29) is 0 Å². The number of nitrogens with two attached hydrogens (primary N) is 1. The highest BCUT2D eigenvalue weighted by atomic mass is 32.1. The molecule has 1 aromatic rings. The summed E-state index contributed by atoms with van der Waals surface area (Å²) in [7, 11) is 1.56. The molecule has 1 saturated heterocycles. The first-order valence-electron chi connectivity index (χ1n) is 5.82. The molecule has 6 heteroatoms. The highest BCUT2D eigenvalue weighted by Gasteiger charge is 2.30. The van der Waals surface area contributed by atoms with E-state index in [1.165, 1.54) is 11.3 Å². The molecule has 2 heterocycles. The molecular formula is C12H17N3O2S. The van der Waals surface area contributed by atoms with Gasteiger partial charge in [-0.3, -0.25) is 0 Å². The number of piperidine rings is 1. The zero-order valence-electron chi connectivity index (χ0n) is 10.6. The summed E-state index contributed by atoms with van der Waals surface area (Å²) in [6, 6.07) is 2.08. The standard InChI is InChI=1S/C12H17N3O2S/c1-12(16)3-5-15(6-4-12)11-10(17-2)9(14)8(7-13)18-11/h16H,3-6,14H2,1-2H3. The number of aliphatic hydroxyl groups is 1. The van der Waals surface area contributed by atoms with Crippen LogP contribution in [0.4, 0.5) is 10.7 Å². The number of nitrogens with zero attached hydrogens (tertiary/aromatic N) is 2. The van der Waals surface area contributed by atoms with Gasteiger partial charge in [0.1, 0.15) is 21.6 Å². The van der Waals surface area contributed by atoms with Crippen molar-refractivity contribution in [1.82, 2.24) is 0 Å². The summed E-state index contributed by atoms with van der Waals surface area (Å²) in [5, 5.41) is 19.8. The van der Waals surface area contributed by atoms with Gasteiger partial charge in [0.05, 0.1) is 12.7 Å². The first-order valence-corrected chi connectivity index (χ1v) is 6.64. The fourth-order valence-corrected chi connectivity index (χ4v) is 3.14. The van der Waals surface area contributed by atoms with Crippen molar-refractivity contribution in [2.75, 3.05) is 30.8 Å². The Labute approximate surface area is 110 Å². The average molecular weight is 267 g/mol. The van der Waals surface area contributed by atoms with Crippen molar-refractivity contribution in [1.29, 1.82) is 5.26 Å². The van der Waals surface area contributed by atoms with E-state index in [2.05, 4.69) is 11.0 Å². The second kappa shape index (κ2) is 4.67. The maximum absolute atomic E-state index is 9.94. The van der Waals surface area contributed by atoms with Gasteiger partial charge in [-0.25, -0.2) is 0 Å². The Bertz CT molecular complexity index is 480. The molecule has 1 aliphatic heterocycles. The van der Waals surface area contributed by atoms with E-state index in [0.717, 1.165) is 18.1 Å². The summed E-state index contributed by atoms with van der Waals surface area (Å²) in [5.41, 5.74) is 5.69. The number of rotatable bonds is 2. The lowest BCUT2D eigenvalue weighted by molar-refractivity contribution is 0.0352. The summed E-state index contributed by atoms with van der Waals surface area (Å²) in [6.45, 7) is 3.34. The van der Waals surface area contributed by atoms with Gasteiger partial charge in [0, 0.05) is 13.1 Å². The molecule has 0 saturated carbocycles. The molecular weight excluding hydrogens is 250 g/mol. The summed E-state index contributed by atoms with van der Waals surface area (Å²) < 4.78 is 5.29. The number of ether oxygens (including phenoxy) is 1. The Morgan fingerprint density at radius 3 is 2.61 bits per heavy atom. The van der Waals surface area contributed by atoms with E-state index in [0.29, 0.717) is 29.2 Å². The molecule has 1 fully saturated rings. The molecule has 0 unspecified atom stereocenters. The highest BCUT2D eigenvalue weighted by molar-refractivity contribution is 7.17. The number of hydrogen-bond donors (Lipinski definition) is 2. The zero-order chi connectivity index (χ0) is 13.3. The van der Waals surface area contributed by atoms with Crippen molar-refractivity contribution in [3.05, 3.63) is 4.88 Å². The molecule has 1 aliphatic rings. The summed E-state index contributed by atoms with van der Waals surface area (Å²) in [4.78, 5) is 2.61. The number of thiophene rings is 1. The van der Waals surface area contributed by atoms with Crippen LogP contribution in [0.3, 0.4) is 0 Å². The summed E-state index contributed by atoms with van der Waals surface area (Å²) in [5.74, 6) is 0.582. The van der Waals surface area contributed by atoms with E-state index in [1.807, 2.05) is 6.92 Å². The van der Waals surface area contributed by atoms with Crippen molar-refractivity contribution in [3.63, 3.8) is 0 Å². The third-order valence-electron chi connectivity index (χ3n) is 3.32. The van der Waals surface area contributed by atoms with Crippen molar-refractivity contribution < 1.29 is 9.84 Å². The minimum atomic E-state index is -0.593. The predicted octanol–water partition coefficient (Wildman–Crippen LogP) is 1.56. The predicted molar refractivity (Wildman–Crippen MR) is 72.1 cm³/mol. The van der Waals surface area contributed by atoms with E-state index in [9.17, 15) is 5.11 Å². The zero-order valence-corrected chi connectivity index (χ0v) is 11.4. The van der Waals surface area contributed by atoms with Gasteiger partial charge in [-0.05, 0) is 19.8 Å². The smallest absolute Gasteiger partial charge is 0.177 e. The molecule has 1 aromatic heterocycles. The molecule has 0 radical (unpaired) electrons. The van der Waals surface area contributed by atoms with Crippen molar-refractivity contribution in [2.45, 2.75) is 25.4 Å². The summed E-state index contributed by atoms with van der Waals surface area (Å²) in [6.07, 6.45) is 1.41. The van der Waals surface area contributed by atoms with Gasteiger partial charge in [-0.2, -0.15) is 5.26 Å². The van der Waals surface area contributed by atoms with Gasteiger partial charge in [-0.1, -0.05) is 0 Å². The monoisotopic (exact) mass is 267 g/mol. The second-order valence-electron chi connectivity index (χ2n) is 4.78. The van der Waals surface area contributed by atoms with Crippen LogP contribution in [0.25, 0.3) is 0 Å². The Morgan fingerprint density at radius 1 is 1.50 bits per heavy atom. The third kappa shape index (κ3) is 2.24. The van der Waals surface area contributed by atoms with Gasteiger partial charge in [0.25, 0.3) is 0 Å². The fourth-order valence-electron chi connectivity index (χ4n) is 2.10. The molecule has 98 valence electrons. The van der Waals surface area contributed by atoms with Crippen molar-refractivity contribution in [3.8, 4) is 11.8 Å². The normalized spacial score (nSPS) is 18.4. The van der Waals surface area contributed by atoms with Crippen LogP contribution in [0, 0.1) is 11.3 Å². The molecule has 0 amide bonds. The van der Waals surface area contributed by atoms with Crippen LogP contribution in [-0.2, 0) is 0 Å². The Hall–Kier alpha value is -1.45. The van der Waals surface area contributed by atoms with Gasteiger partial charge >= 0.3 is 0 Å². The van der Waals surface area contributed by atoms with E-state index in [1.54, 1.807) is 7.11 Å². The van der Waals surface area contributed by atoms with Gasteiger partial charge in [0.2, 0.25) is 0 Å². The van der Waals surface area contributed by atoms with Crippen LogP contribution in [0.1, 0.15) is 24.6 Å². The van der Waals surface area contributed by atoms with Crippen LogP contribution in [0.5, 0.6) is 5.75 Å². The number of methoxy groups -OCH3 is 1. The molecule has 0 aromatic carbocycles. The number of nitriles is 1. The van der Waals surface area contributed by atoms with Crippen LogP contribution in [-0.4, -0.2) is 30.9 Å². The average Bonchev–Trinajstić information content (AvgIpc) is 2.65. The molecule has 5 nitrogen and oxygen atoms in total. The maximum Gasteiger partial charge on any atom is 0.177 e. The topological polar surface area (TPSA) is 82.5 Å². The molecule has 0 bridgehead atoms. The third-order valence-corrected chi connectivity index (χ3v) is 4.47. The van der Waals surface area contributed by atoms with Gasteiger partial charge in [0.15, 0.2) is 5.75 Å². The quantitative estimate of drug-likeness (QED) is 0.849. The van der Waals surface area contributed by atoms with Crippen molar-refractivity contribution in [2.24, 2.45) is 0 Å². The number of nitrogen functional groups attached to an aromatic ring is 1. The van der Waals surface area contributed by atoms with Crippen LogP contribution >= 0.6 is 11.3 Å². The molecule has 0 atom stereocenters. The second-order valence-corrected chi connectivity index (χ2v) is 5.78. The first-order chi connectivity index (χ1) is 8.48. The first kappa shape index (κ1) is 13.0. The maximum atomic E-state index is 9.94. The Kier molecular flexibility index (Phi) is 3.37. The molecule has 2 rings (SSSR count). The largest absolute Gasteiger partial charge is 0.492 e. The molecule has 3 N–H and O–H groups in total. The molecule has 0 aliphatic carbocycles. The van der Waals surface area contributed by atoms with E-state index in [4.69, 9.17) is 15.7 Å². The van der Waals surface area contributed by atoms with E-state index < -0.39 is 5.60 Å². The minimum absolute atomic E-state index is 0.414. The highest BCUT2D eigenvalue weighted by Crippen LogP contribution is 2.45. The van der Waals surface area contributed by atoms with Gasteiger partial charge in [-0.15, -0.1) is 11.3 Å². The van der Waals surface area contributed by atoms with Crippen LogP contribution in [0.2, 0.25) is 0 Å². The lowest BCUT2D eigenvalue weighted by atomic mass is 9.94. The molecule has 0 spiro atoms. The number of hydrogen-bond acceptors (Lipinski definition) is 6. The molecule has 18 heavy (non-hydrogen) atoms. The van der Waals surface area contributed by atoms with Crippen LogP contribution < -0.4 is 15.4 Å². The Morgan fingerprint density at radius 2 is 2.11 bits per heavy atom. The lowest BCUT2D eigenvalue weighted by Gasteiger charge is -2.36. The fraction of sp³-hybridized carbons (Fsp3) is 0.583. The summed E-state index contributed by atoms with van der Waals surface area (Å²) >= 11 is 1.35. The van der Waals surface area contributed by atoms with Crippen LogP contribution in [0.15, 0.2) is 0 Å². The minimum Gasteiger partial charge on any atom is -0.492 e. The lowest BCUT2D eigenvalue weighted by Crippen LogP contribution is -2.42. The SMILES string of the molecule is COc1c(N2CCC(C)(O)CC2)sc(C#N)c1N.